The van der Waals surface area contributed by atoms with Crippen LogP contribution in [0.25, 0.3) is 0 Å². The van der Waals surface area contributed by atoms with Gasteiger partial charge in [0.15, 0.2) is 0 Å². The fourth-order valence-electron chi connectivity index (χ4n) is 1.68. The molecule has 0 saturated heterocycles. The molecule has 0 aliphatic rings. The van der Waals surface area contributed by atoms with Crippen molar-refractivity contribution in [2.75, 3.05) is 19.6 Å². The summed E-state index contributed by atoms with van der Waals surface area (Å²) in [6.45, 7) is 12.2. The Morgan fingerprint density at radius 1 is 1.08 bits per heavy atom. The first kappa shape index (κ1) is 13.1. The minimum Gasteiger partial charge on any atom is -0.421 e. The molecule has 0 aliphatic heterocycles. The first-order valence-corrected chi connectivity index (χ1v) is 6.27. The van der Waals surface area contributed by atoms with E-state index in [0.717, 1.165) is 43.0 Å². The second kappa shape index (κ2) is 6.57. The van der Waals surface area contributed by atoms with Crippen molar-refractivity contribution in [3.63, 3.8) is 0 Å². The molecular weight excluding hydrogens is 178 g/mol. The summed E-state index contributed by atoms with van der Waals surface area (Å²) in [4.78, 5) is 2.45. The summed E-state index contributed by atoms with van der Waals surface area (Å²) in [5.41, 5.74) is 0.137. The fourth-order valence-corrected chi connectivity index (χ4v) is 2.39. The van der Waals surface area contributed by atoms with E-state index >= 15 is 0 Å². The SMILES string of the molecule is CCN(CC)CC(CC)(CC)O[SiH3]. The van der Waals surface area contributed by atoms with Gasteiger partial charge in [0.2, 0.25) is 0 Å². The molecule has 0 bridgehead atoms. The van der Waals surface area contributed by atoms with Crippen LogP contribution in [0.1, 0.15) is 40.5 Å². The summed E-state index contributed by atoms with van der Waals surface area (Å²) in [6, 6.07) is 0. The van der Waals surface area contributed by atoms with Gasteiger partial charge in [-0.25, -0.2) is 0 Å². The third-order valence-electron chi connectivity index (χ3n) is 3.13. The number of nitrogens with zero attached hydrogens (tertiary/aromatic N) is 1. The molecule has 0 spiro atoms. The lowest BCUT2D eigenvalue weighted by Crippen LogP contribution is -2.44. The molecule has 0 aromatic heterocycles. The van der Waals surface area contributed by atoms with Crippen LogP contribution < -0.4 is 0 Å². The maximum absolute atomic E-state index is 5.77. The number of likely N-dealkylation sites (N-methyl/N-ethyl adjacent to an activating group) is 1. The Morgan fingerprint density at radius 3 is 1.77 bits per heavy atom. The third kappa shape index (κ3) is 3.79. The fraction of sp³-hybridized carbons (Fsp3) is 1.00. The summed E-state index contributed by atoms with van der Waals surface area (Å²) in [5, 5.41) is 0. The molecule has 13 heavy (non-hydrogen) atoms. The first-order valence-electron chi connectivity index (χ1n) is 5.45. The average molecular weight is 203 g/mol. The predicted octanol–water partition coefficient (Wildman–Crippen LogP) is 1.18. The zero-order chi connectivity index (χ0) is 10.3. The van der Waals surface area contributed by atoms with Gasteiger partial charge in [0.25, 0.3) is 0 Å². The lowest BCUT2D eigenvalue weighted by atomic mass is 9.97. The molecule has 0 unspecified atom stereocenters. The highest BCUT2D eigenvalue weighted by atomic mass is 28.2. The first-order chi connectivity index (χ1) is 6.17. The van der Waals surface area contributed by atoms with Gasteiger partial charge in [0.1, 0.15) is 10.5 Å². The molecule has 0 atom stereocenters. The molecule has 0 aromatic carbocycles. The molecule has 0 radical (unpaired) electrons. The minimum absolute atomic E-state index is 0.137. The van der Waals surface area contributed by atoms with E-state index in [1.54, 1.807) is 0 Å². The lowest BCUT2D eigenvalue weighted by molar-refractivity contribution is 0.0307. The van der Waals surface area contributed by atoms with Crippen LogP contribution in [0.3, 0.4) is 0 Å². The highest BCUT2D eigenvalue weighted by Gasteiger charge is 2.26. The zero-order valence-corrected chi connectivity index (χ0v) is 11.9. The van der Waals surface area contributed by atoms with Crippen LogP contribution in [0.4, 0.5) is 0 Å². The molecule has 0 N–H and O–H groups in total. The van der Waals surface area contributed by atoms with Gasteiger partial charge in [-0.15, -0.1) is 0 Å². The highest BCUT2D eigenvalue weighted by Crippen LogP contribution is 2.20. The van der Waals surface area contributed by atoms with Gasteiger partial charge < -0.3 is 9.33 Å². The Hall–Kier alpha value is 0.137. The Kier molecular flexibility index (Phi) is 6.64. The van der Waals surface area contributed by atoms with Gasteiger partial charge in [-0.3, -0.25) is 0 Å². The van der Waals surface area contributed by atoms with E-state index in [1.165, 1.54) is 0 Å². The van der Waals surface area contributed by atoms with E-state index in [0.29, 0.717) is 0 Å². The van der Waals surface area contributed by atoms with E-state index < -0.39 is 0 Å². The summed E-state index contributed by atoms with van der Waals surface area (Å²) in [5.74, 6) is 0. The van der Waals surface area contributed by atoms with Gasteiger partial charge >= 0.3 is 0 Å². The van der Waals surface area contributed by atoms with Gasteiger partial charge in [-0.2, -0.15) is 0 Å². The van der Waals surface area contributed by atoms with Crippen LogP contribution in [0.2, 0.25) is 0 Å². The normalized spacial score (nSPS) is 12.7. The van der Waals surface area contributed by atoms with Crippen molar-refractivity contribution in [3.05, 3.63) is 0 Å². The van der Waals surface area contributed by atoms with Crippen LogP contribution in [0.15, 0.2) is 0 Å². The smallest absolute Gasteiger partial charge is 0.146 e. The average Bonchev–Trinajstić information content (AvgIpc) is 2.21. The maximum atomic E-state index is 5.77. The molecule has 0 rings (SSSR count). The summed E-state index contributed by atoms with van der Waals surface area (Å²) in [6.07, 6.45) is 2.26. The molecule has 2 nitrogen and oxygen atoms in total. The Labute approximate surface area is 86.2 Å². The largest absolute Gasteiger partial charge is 0.421 e. The Morgan fingerprint density at radius 2 is 1.54 bits per heavy atom. The van der Waals surface area contributed by atoms with E-state index in [1.807, 2.05) is 0 Å². The second-order valence-corrected chi connectivity index (χ2v) is 3.96. The Balaban J connectivity index is 4.21. The van der Waals surface area contributed by atoms with E-state index in [9.17, 15) is 0 Å². The van der Waals surface area contributed by atoms with Crippen molar-refractivity contribution in [2.24, 2.45) is 0 Å². The van der Waals surface area contributed by atoms with Crippen molar-refractivity contribution in [2.45, 2.75) is 46.1 Å². The zero-order valence-electron chi connectivity index (χ0n) is 9.89. The van der Waals surface area contributed by atoms with Crippen molar-refractivity contribution in [3.8, 4) is 0 Å². The topological polar surface area (TPSA) is 12.5 Å². The van der Waals surface area contributed by atoms with E-state index in [-0.39, 0.29) is 5.60 Å². The molecular formula is C10H25NOSi. The molecule has 80 valence electrons. The molecule has 0 aromatic rings. The number of rotatable bonds is 7. The number of hydrogen-bond acceptors (Lipinski definition) is 2. The molecule has 0 aliphatic carbocycles. The Bertz CT molecular complexity index is 114. The van der Waals surface area contributed by atoms with Crippen LogP contribution in [0, 0.1) is 0 Å². The van der Waals surface area contributed by atoms with E-state index in [4.69, 9.17) is 4.43 Å². The summed E-state index contributed by atoms with van der Waals surface area (Å²) in [7, 11) is 0.849. The standard InChI is InChI=1S/C10H25NOSi/c1-5-10(6-2,12-13)9-11(7-3)8-4/h5-9H2,1-4,13H3. The maximum Gasteiger partial charge on any atom is 0.146 e. The molecule has 0 amide bonds. The van der Waals surface area contributed by atoms with Crippen LogP contribution in [-0.2, 0) is 4.43 Å². The summed E-state index contributed by atoms with van der Waals surface area (Å²) >= 11 is 0. The third-order valence-corrected chi connectivity index (χ3v) is 3.99. The minimum atomic E-state index is 0.137. The van der Waals surface area contributed by atoms with Gasteiger partial charge in [-0.1, -0.05) is 27.7 Å². The number of hydrogen-bond donors (Lipinski definition) is 0. The van der Waals surface area contributed by atoms with Crippen molar-refractivity contribution < 1.29 is 4.43 Å². The van der Waals surface area contributed by atoms with Crippen molar-refractivity contribution in [1.29, 1.82) is 0 Å². The molecule has 0 fully saturated rings. The van der Waals surface area contributed by atoms with Crippen LogP contribution >= 0.6 is 0 Å². The van der Waals surface area contributed by atoms with Crippen LogP contribution in [0.5, 0.6) is 0 Å². The molecule has 0 saturated carbocycles. The lowest BCUT2D eigenvalue weighted by Gasteiger charge is -2.36. The predicted molar refractivity (Wildman–Crippen MR) is 62.1 cm³/mol. The van der Waals surface area contributed by atoms with Gasteiger partial charge in [0.05, 0.1) is 5.60 Å². The monoisotopic (exact) mass is 203 g/mol. The molecule has 3 heteroatoms. The van der Waals surface area contributed by atoms with Gasteiger partial charge in [-0.05, 0) is 25.9 Å². The van der Waals surface area contributed by atoms with Crippen molar-refractivity contribution >= 4 is 10.5 Å². The van der Waals surface area contributed by atoms with E-state index in [2.05, 4.69) is 32.6 Å². The summed E-state index contributed by atoms with van der Waals surface area (Å²) < 4.78 is 5.77. The molecule has 0 heterocycles. The van der Waals surface area contributed by atoms with Crippen LogP contribution in [-0.4, -0.2) is 40.6 Å². The highest BCUT2D eigenvalue weighted by molar-refractivity contribution is 5.98. The second-order valence-electron chi connectivity index (χ2n) is 3.56. The quantitative estimate of drug-likeness (QED) is 0.576. The van der Waals surface area contributed by atoms with Crippen molar-refractivity contribution in [1.82, 2.24) is 4.90 Å². The van der Waals surface area contributed by atoms with Gasteiger partial charge in [0, 0.05) is 6.54 Å².